The summed E-state index contributed by atoms with van der Waals surface area (Å²) in [6, 6.07) is 6.36. The van der Waals surface area contributed by atoms with Gasteiger partial charge in [0.05, 0.1) is 10.5 Å². The summed E-state index contributed by atoms with van der Waals surface area (Å²) in [6.07, 6.45) is 3.58. The fraction of sp³-hybridized carbons (Fsp3) is 0.267. The molecule has 0 amide bonds. The van der Waals surface area contributed by atoms with Gasteiger partial charge in [-0.25, -0.2) is 17.2 Å². The highest BCUT2D eigenvalue weighted by molar-refractivity contribution is 7.90. The first-order valence-corrected chi connectivity index (χ1v) is 8.26. The molecular formula is C15H18N2O4S. The van der Waals surface area contributed by atoms with Crippen LogP contribution in [0.3, 0.4) is 0 Å². The molecule has 1 aromatic carbocycles. The maximum absolute atomic E-state index is 12.7. The molecule has 1 aromatic heterocycles. The molecule has 2 aromatic rings. The number of hydrogen-bond acceptors (Lipinski definition) is 4. The van der Waals surface area contributed by atoms with Crippen molar-refractivity contribution in [2.45, 2.75) is 24.7 Å². The second-order valence-electron chi connectivity index (χ2n) is 5.04. The van der Waals surface area contributed by atoms with E-state index in [0.717, 1.165) is 15.7 Å². The number of benzene rings is 1. The number of aryl methyl sites for hydroxylation is 2. The lowest BCUT2D eigenvalue weighted by atomic mass is 10.1. The van der Waals surface area contributed by atoms with Crippen LogP contribution >= 0.6 is 0 Å². The van der Waals surface area contributed by atoms with E-state index in [2.05, 4.69) is 0 Å². The molecule has 0 fully saturated rings. The number of nitrogens with two attached hydrogens (primary N) is 1. The van der Waals surface area contributed by atoms with Crippen molar-refractivity contribution in [2.24, 2.45) is 5.73 Å². The van der Waals surface area contributed by atoms with Gasteiger partial charge in [-0.05, 0) is 44.0 Å². The summed E-state index contributed by atoms with van der Waals surface area (Å²) in [6.45, 7) is 2.36. The highest BCUT2D eigenvalue weighted by Gasteiger charge is 2.21. The van der Waals surface area contributed by atoms with Crippen molar-refractivity contribution in [2.75, 3.05) is 6.54 Å². The molecule has 2 rings (SSSR count). The van der Waals surface area contributed by atoms with E-state index in [1.807, 2.05) is 13.0 Å². The lowest BCUT2D eigenvalue weighted by Crippen LogP contribution is -2.14. The predicted octanol–water partition coefficient (Wildman–Crippen LogP) is 1.62. The molecule has 7 heteroatoms. The molecule has 0 radical (unpaired) electrons. The Morgan fingerprint density at radius 2 is 2.05 bits per heavy atom. The third-order valence-corrected chi connectivity index (χ3v) is 5.07. The molecule has 0 bridgehead atoms. The Kier molecular flexibility index (Phi) is 4.68. The number of carboxylic acid groups (broad SMARTS) is 1. The number of aromatic carboxylic acids is 1. The number of hydrogen-bond donors (Lipinski definition) is 2. The van der Waals surface area contributed by atoms with Gasteiger partial charge in [-0.3, -0.25) is 0 Å². The van der Waals surface area contributed by atoms with E-state index in [1.54, 1.807) is 12.1 Å². The summed E-state index contributed by atoms with van der Waals surface area (Å²) in [5.74, 6) is -1.17. The molecule has 0 saturated carbocycles. The smallest absolute Gasteiger partial charge is 0.337 e. The molecule has 3 N–H and O–H groups in total. The Labute approximate surface area is 129 Å². The van der Waals surface area contributed by atoms with Crippen molar-refractivity contribution in [3.8, 4) is 0 Å². The predicted molar refractivity (Wildman–Crippen MR) is 82.5 cm³/mol. The van der Waals surface area contributed by atoms with Crippen molar-refractivity contribution < 1.29 is 18.3 Å². The summed E-state index contributed by atoms with van der Waals surface area (Å²) in [5.41, 5.74) is 7.08. The Morgan fingerprint density at radius 3 is 2.64 bits per heavy atom. The van der Waals surface area contributed by atoms with Gasteiger partial charge in [0, 0.05) is 12.4 Å². The molecule has 118 valence electrons. The Bertz CT molecular complexity index is 794. The van der Waals surface area contributed by atoms with Crippen molar-refractivity contribution in [1.82, 2.24) is 3.97 Å². The molecule has 22 heavy (non-hydrogen) atoms. The Morgan fingerprint density at radius 1 is 1.32 bits per heavy atom. The quantitative estimate of drug-likeness (QED) is 0.841. The van der Waals surface area contributed by atoms with E-state index >= 15 is 0 Å². The lowest BCUT2D eigenvalue weighted by molar-refractivity contribution is 0.0697. The Hall–Kier alpha value is -2.12. The minimum atomic E-state index is -3.82. The van der Waals surface area contributed by atoms with Gasteiger partial charge in [0.1, 0.15) is 0 Å². The standard InChI is InChI=1S/C15H18N2O4S/c1-11-4-5-14(12(9-11)3-2-7-16)22(20,21)17-8-6-13(10-17)15(18)19/h4-6,8-10H,2-3,7,16H2,1H3,(H,18,19). The zero-order valence-electron chi connectivity index (χ0n) is 12.2. The molecule has 0 saturated heterocycles. The van der Waals surface area contributed by atoms with Gasteiger partial charge in [0.2, 0.25) is 0 Å². The number of nitrogens with zero attached hydrogens (tertiary/aromatic N) is 1. The normalized spacial score (nSPS) is 11.5. The van der Waals surface area contributed by atoms with E-state index in [1.165, 1.54) is 12.3 Å². The third kappa shape index (κ3) is 3.20. The van der Waals surface area contributed by atoms with Crippen LogP contribution in [0, 0.1) is 6.92 Å². The maximum atomic E-state index is 12.7. The minimum Gasteiger partial charge on any atom is -0.478 e. The second kappa shape index (κ2) is 6.33. The molecule has 0 aliphatic carbocycles. The minimum absolute atomic E-state index is 0.0702. The first-order valence-electron chi connectivity index (χ1n) is 6.82. The second-order valence-corrected chi connectivity index (χ2v) is 6.86. The highest BCUT2D eigenvalue weighted by Crippen LogP contribution is 2.22. The number of aromatic nitrogens is 1. The zero-order chi connectivity index (χ0) is 16.3. The van der Waals surface area contributed by atoms with Crippen LogP contribution in [-0.4, -0.2) is 30.0 Å². The summed E-state index contributed by atoms with van der Waals surface area (Å²) in [5, 5.41) is 8.92. The van der Waals surface area contributed by atoms with Gasteiger partial charge < -0.3 is 10.8 Å². The van der Waals surface area contributed by atoms with Crippen LogP contribution in [0.15, 0.2) is 41.6 Å². The number of carboxylic acids is 1. The average molecular weight is 322 g/mol. The molecule has 6 nitrogen and oxygen atoms in total. The van der Waals surface area contributed by atoms with Gasteiger partial charge in [-0.1, -0.05) is 17.7 Å². The topological polar surface area (TPSA) is 102 Å². The van der Waals surface area contributed by atoms with E-state index < -0.39 is 16.0 Å². The number of rotatable bonds is 6. The van der Waals surface area contributed by atoms with E-state index in [-0.39, 0.29) is 10.5 Å². The SMILES string of the molecule is Cc1ccc(S(=O)(=O)n2ccc(C(=O)O)c2)c(CCCN)c1. The molecule has 0 aliphatic rings. The van der Waals surface area contributed by atoms with Gasteiger partial charge in [-0.2, -0.15) is 0 Å². The van der Waals surface area contributed by atoms with Gasteiger partial charge in [0.25, 0.3) is 10.0 Å². The molecule has 0 aliphatic heterocycles. The average Bonchev–Trinajstić information content (AvgIpc) is 2.95. The van der Waals surface area contributed by atoms with Crippen molar-refractivity contribution >= 4 is 16.0 Å². The van der Waals surface area contributed by atoms with Gasteiger partial charge in [0.15, 0.2) is 0 Å². The molecule has 0 atom stereocenters. The monoisotopic (exact) mass is 322 g/mol. The van der Waals surface area contributed by atoms with E-state index in [0.29, 0.717) is 24.9 Å². The van der Waals surface area contributed by atoms with Crippen LogP contribution < -0.4 is 5.73 Å². The molecular weight excluding hydrogens is 304 g/mol. The summed E-state index contributed by atoms with van der Waals surface area (Å²) in [4.78, 5) is 11.1. The summed E-state index contributed by atoms with van der Waals surface area (Å²) in [7, 11) is -3.82. The zero-order valence-corrected chi connectivity index (χ0v) is 13.0. The van der Waals surface area contributed by atoms with Gasteiger partial charge in [-0.15, -0.1) is 0 Å². The van der Waals surface area contributed by atoms with E-state index in [9.17, 15) is 13.2 Å². The Balaban J connectivity index is 2.50. The summed E-state index contributed by atoms with van der Waals surface area (Å²) < 4.78 is 26.3. The maximum Gasteiger partial charge on any atom is 0.337 e. The van der Waals surface area contributed by atoms with Crippen LogP contribution in [0.4, 0.5) is 0 Å². The third-order valence-electron chi connectivity index (χ3n) is 3.34. The van der Waals surface area contributed by atoms with E-state index in [4.69, 9.17) is 10.8 Å². The van der Waals surface area contributed by atoms with Crippen LogP contribution in [-0.2, 0) is 16.4 Å². The van der Waals surface area contributed by atoms with Crippen molar-refractivity contribution in [3.05, 3.63) is 53.3 Å². The summed E-state index contributed by atoms with van der Waals surface area (Å²) >= 11 is 0. The first-order chi connectivity index (χ1) is 10.4. The largest absolute Gasteiger partial charge is 0.478 e. The van der Waals surface area contributed by atoms with Crippen molar-refractivity contribution in [1.29, 1.82) is 0 Å². The van der Waals surface area contributed by atoms with Crippen LogP contribution in [0.5, 0.6) is 0 Å². The van der Waals surface area contributed by atoms with Crippen LogP contribution in [0.1, 0.15) is 27.9 Å². The van der Waals surface area contributed by atoms with Crippen LogP contribution in [0.2, 0.25) is 0 Å². The molecule has 0 unspecified atom stereocenters. The molecule has 1 heterocycles. The fourth-order valence-corrected chi connectivity index (χ4v) is 3.65. The molecule has 0 spiro atoms. The first kappa shape index (κ1) is 16.3. The number of carbonyl (C=O) groups is 1. The highest BCUT2D eigenvalue weighted by atomic mass is 32.2. The van der Waals surface area contributed by atoms with Gasteiger partial charge >= 0.3 is 5.97 Å². The lowest BCUT2D eigenvalue weighted by Gasteiger charge is -2.12. The fourth-order valence-electron chi connectivity index (χ4n) is 2.21. The van der Waals surface area contributed by atoms with Crippen molar-refractivity contribution in [3.63, 3.8) is 0 Å². The van der Waals surface area contributed by atoms with Crippen LogP contribution in [0.25, 0.3) is 0 Å².